The Labute approximate surface area is 176 Å². The van der Waals surface area contributed by atoms with Crippen LogP contribution in [0.4, 0.5) is 17.2 Å². The fraction of sp³-hybridized carbons (Fsp3) is 0.364. The molecule has 1 fully saturated rings. The van der Waals surface area contributed by atoms with E-state index in [0.29, 0.717) is 6.04 Å². The van der Waals surface area contributed by atoms with E-state index in [1.54, 1.807) is 13.4 Å². The average molecular weight is 412 g/mol. The zero-order chi connectivity index (χ0) is 20.4. The third-order valence-corrected chi connectivity index (χ3v) is 5.74. The summed E-state index contributed by atoms with van der Waals surface area (Å²) in [6, 6.07) is 12.4. The van der Waals surface area contributed by atoms with Crippen LogP contribution in [0.3, 0.4) is 0 Å². The molecule has 2 heterocycles. The molecule has 0 bridgehead atoms. The van der Waals surface area contributed by atoms with Gasteiger partial charge in [0.15, 0.2) is 0 Å². The SMILES string of the molecule is COc1ccc2c(Nc3ccc(N4CCN(C(C)C)CC4)c(Cl)c3)ncnc2c1. The molecule has 0 amide bonds. The fourth-order valence-corrected chi connectivity index (χ4v) is 4.02. The van der Waals surface area contributed by atoms with Gasteiger partial charge in [0.05, 0.1) is 23.3 Å². The first kappa shape index (κ1) is 19.7. The molecule has 1 aliphatic rings. The molecule has 0 spiro atoms. The lowest BCUT2D eigenvalue weighted by Crippen LogP contribution is -2.49. The minimum Gasteiger partial charge on any atom is -0.497 e. The van der Waals surface area contributed by atoms with Crippen molar-refractivity contribution in [3.63, 3.8) is 0 Å². The molecule has 1 saturated heterocycles. The first-order valence-corrected chi connectivity index (χ1v) is 10.3. The summed E-state index contributed by atoms with van der Waals surface area (Å²) in [5, 5.41) is 5.05. The van der Waals surface area contributed by atoms with Gasteiger partial charge < -0.3 is 15.0 Å². The Morgan fingerprint density at radius 2 is 1.83 bits per heavy atom. The quantitative estimate of drug-likeness (QED) is 0.663. The van der Waals surface area contributed by atoms with Gasteiger partial charge in [0.1, 0.15) is 17.9 Å². The predicted octanol–water partition coefficient (Wildman–Crippen LogP) is 4.57. The standard InChI is InChI=1S/C22H26ClN5O/c1-15(2)27-8-10-28(11-9-27)21-7-4-16(12-19(21)23)26-22-18-6-5-17(29-3)13-20(18)24-14-25-22/h4-7,12-15H,8-11H2,1-3H3,(H,24,25,26). The normalized spacial score (nSPS) is 15.1. The van der Waals surface area contributed by atoms with Crippen molar-refractivity contribution in [2.45, 2.75) is 19.9 Å². The lowest BCUT2D eigenvalue weighted by molar-refractivity contribution is 0.209. The van der Waals surface area contributed by atoms with Gasteiger partial charge in [-0.3, -0.25) is 4.90 Å². The third kappa shape index (κ3) is 4.23. The summed E-state index contributed by atoms with van der Waals surface area (Å²) in [5.74, 6) is 1.51. The molecule has 1 aromatic heterocycles. The summed E-state index contributed by atoms with van der Waals surface area (Å²) in [4.78, 5) is 13.6. The Bertz CT molecular complexity index is 1000. The second-order valence-corrected chi connectivity index (χ2v) is 7.92. The molecule has 29 heavy (non-hydrogen) atoms. The number of halogens is 1. The van der Waals surface area contributed by atoms with Crippen LogP contribution in [0.2, 0.25) is 5.02 Å². The Hall–Kier alpha value is -2.57. The number of hydrogen-bond donors (Lipinski definition) is 1. The molecular weight excluding hydrogens is 386 g/mol. The maximum Gasteiger partial charge on any atom is 0.141 e. The minimum atomic E-state index is 0.585. The van der Waals surface area contributed by atoms with Gasteiger partial charge in [0.25, 0.3) is 0 Å². The van der Waals surface area contributed by atoms with Crippen molar-refractivity contribution < 1.29 is 4.74 Å². The summed E-state index contributed by atoms with van der Waals surface area (Å²) < 4.78 is 5.28. The number of rotatable bonds is 5. The van der Waals surface area contributed by atoms with Crippen LogP contribution in [-0.4, -0.2) is 54.2 Å². The highest BCUT2D eigenvalue weighted by Gasteiger charge is 2.20. The average Bonchev–Trinajstić information content (AvgIpc) is 2.74. The molecule has 0 aliphatic carbocycles. The smallest absolute Gasteiger partial charge is 0.141 e. The number of fused-ring (bicyclic) bond motifs is 1. The second-order valence-electron chi connectivity index (χ2n) is 7.51. The van der Waals surface area contributed by atoms with Gasteiger partial charge in [0.2, 0.25) is 0 Å². The van der Waals surface area contributed by atoms with E-state index in [2.05, 4.69) is 45.0 Å². The van der Waals surface area contributed by atoms with Crippen LogP contribution in [0, 0.1) is 0 Å². The summed E-state index contributed by atoms with van der Waals surface area (Å²) >= 11 is 6.64. The van der Waals surface area contributed by atoms with Crippen molar-refractivity contribution >= 4 is 39.7 Å². The van der Waals surface area contributed by atoms with Gasteiger partial charge in [-0.15, -0.1) is 0 Å². The number of hydrogen-bond acceptors (Lipinski definition) is 6. The molecular formula is C22H26ClN5O. The van der Waals surface area contributed by atoms with Crippen molar-refractivity contribution in [2.75, 3.05) is 43.5 Å². The Morgan fingerprint density at radius 3 is 2.52 bits per heavy atom. The Morgan fingerprint density at radius 1 is 1.03 bits per heavy atom. The summed E-state index contributed by atoms with van der Waals surface area (Å²) in [6.45, 7) is 8.59. The van der Waals surface area contributed by atoms with Crippen LogP contribution in [0.15, 0.2) is 42.7 Å². The monoisotopic (exact) mass is 411 g/mol. The van der Waals surface area contributed by atoms with Crippen LogP contribution < -0.4 is 15.0 Å². The molecule has 2 aromatic carbocycles. The fourth-order valence-electron chi connectivity index (χ4n) is 3.72. The first-order chi connectivity index (χ1) is 14.0. The number of anilines is 3. The van der Waals surface area contributed by atoms with Gasteiger partial charge in [-0.25, -0.2) is 9.97 Å². The Kier molecular flexibility index (Phi) is 5.74. The zero-order valence-corrected chi connectivity index (χ0v) is 17.8. The van der Waals surface area contributed by atoms with E-state index in [0.717, 1.165) is 65.0 Å². The number of nitrogens with one attached hydrogen (secondary N) is 1. The highest BCUT2D eigenvalue weighted by Crippen LogP contribution is 2.32. The number of benzene rings is 2. The number of methoxy groups -OCH3 is 1. The molecule has 0 saturated carbocycles. The lowest BCUT2D eigenvalue weighted by Gasteiger charge is -2.38. The van der Waals surface area contributed by atoms with E-state index >= 15 is 0 Å². The van der Waals surface area contributed by atoms with Crippen molar-refractivity contribution in [1.82, 2.24) is 14.9 Å². The number of ether oxygens (including phenoxy) is 1. The molecule has 0 atom stereocenters. The van der Waals surface area contributed by atoms with E-state index in [-0.39, 0.29) is 0 Å². The summed E-state index contributed by atoms with van der Waals surface area (Å²) in [6.07, 6.45) is 1.55. The molecule has 1 aliphatic heterocycles. The largest absolute Gasteiger partial charge is 0.497 e. The van der Waals surface area contributed by atoms with Gasteiger partial charge in [-0.2, -0.15) is 0 Å². The zero-order valence-electron chi connectivity index (χ0n) is 17.0. The third-order valence-electron chi connectivity index (χ3n) is 5.44. The van der Waals surface area contributed by atoms with E-state index in [1.807, 2.05) is 30.3 Å². The van der Waals surface area contributed by atoms with Crippen LogP contribution in [0.25, 0.3) is 10.9 Å². The topological polar surface area (TPSA) is 53.5 Å². The molecule has 6 nitrogen and oxygen atoms in total. The number of aromatic nitrogens is 2. The highest BCUT2D eigenvalue weighted by atomic mass is 35.5. The summed E-state index contributed by atoms with van der Waals surface area (Å²) in [5.41, 5.74) is 2.81. The maximum atomic E-state index is 6.64. The lowest BCUT2D eigenvalue weighted by atomic mass is 10.2. The summed E-state index contributed by atoms with van der Waals surface area (Å²) in [7, 11) is 1.65. The van der Waals surface area contributed by atoms with E-state index in [1.165, 1.54) is 0 Å². The van der Waals surface area contributed by atoms with Crippen LogP contribution in [0.1, 0.15) is 13.8 Å². The molecule has 7 heteroatoms. The van der Waals surface area contributed by atoms with Gasteiger partial charge >= 0.3 is 0 Å². The van der Waals surface area contributed by atoms with E-state index < -0.39 is 0 Å². The van der Waals surface area contributed by atoms with Gasteiger partial charge in [-0.05, 0) is 44.2 Å². The van der Waals surface area contributed by atoms with Crippen molar-refractivity contribution in [3.05, 3.63) is 47.7 Å². The van der Waals surface area contributed by atoms with Gasteiger partial charge in [0, 0.05) is 49.4 Å². The molecule has 152 valence electrons. The molecule has 4 rings (SSSR count). The number of nitrogens with zero attached hydrogens (tertiary/aromatic N) is 4. The highest BCUT2D eigenvalue weighted by molar-refractivity contribution is 6.33. The number of piperazine rings is 1. The molecule has 0 radical (unpaired) electrons. The molecule has 3 aromatic rings. The van der Waals surface area contributed by atoms with E-state index in [4.69, 9.17) is 16.3 Å². The predicted molar refractivity (Wildman–Crippen MR) is 120 cm³/mol. The van der Waals surface area contributed by atoms with Crippen LogP contribution in [0.5, 0.6) is 5.75 Å². The van der Waals surface area contributed by atoms with Crippen molar-refractivity contribution in [1.29, 1.82) is 0 Å². The minimum absolute atomic E-state index is 0.585. The van der Waals surface area contributed by atoms with Crippen LogP contribution in [-0.2, 0) is 0 Å². The molecule has 1 N–H and O–H groups in total. The maximum absolute atomic E-state index is 6.64. The van der Waals surface area contributed by atoms with Crippen molar-refractivity contribution in [2.24, 2.45) is 0 Å². The molecule has 0 unspecified atom stereocenters. The second kappa shape index (κ2) is 8.43. The van der Waals surface area contributed by atoms with Gasteiger partial charge in [-0.1, -0.05) is 11.6 Å². The Balaban J connectivity index is 1.53. The van der Waals surface area contributed by atoms with Crippen LogP contribution >= 0.6 is 11.6 Å². The van der Waals surface area contributed by atoms with E-state index in [9.17, 15) is 0 Å². The first-order valence-electron chi connectivity index (χ1n) is 9.89. The van der Waals surface area contributed by atoms with Crippen molar-refractivity contribution in [3.8, 4) is 5.75 Å².